The van der Waals surface area contributed by atoms with Crippen LogP contribution in [0.5, 0.6) is 0 Å². The standard InChI is InChI=1S/C15H20N4S.ClH/c1-16-15(17-2)18-9-10-20-11-13-8-7-12-5-3-4-6-14(12)19-13;/h3-8H,9-11H2,1-2H3,(H2,16,17,18);1H. The van der Waals surface area contributed by atoms with Crippen molar-refractivity contribution in [3.8, 4) is 0 Å². The topological polar surface area (TPSA) is 49.3 Å². The van der Waals surface area contributed by atoms with Crippen molar-refractivity contribution in [1.29, 1.82) is 0 Å². The van der Waals surface area contributed by atoms with Crippen LogP contribution in [0.25, 0.3) is 10.9 Å². The Hall–Kier alpha value is -1.46. The van der Waals surface area contributed by atoms with E-state index >= 15 is 0 Å². The number of pyridine rings is 1. The van der Waals surface area contributed by atoms with Crippen LogP contribution in [-0.2, 0) is 5.75 Å². The van der Waals surface area contributed by atoms with Gasteiger partial charge in [0.05, 0.1) is 11.2 Å². The fraction of sp³-hybridized carbons (Fsp3) is 0.333. The Kier molecular flexibility index (Phi) is 7.93. The third kappa shape index (κ3) is 5.44. The Balaban J connectivity index is 0.00000220. The Morgan fingerprint density at radius 1 is 1.24 bits per heavy atom. The molecular weight excluding hydrogens is 304 g/mol. The molecule has 0 aliphatic rings. The lowest BCUT2D eigenvalue weighted by Gasteiger charge is -2.08. The first kappa shape index (κ1) is 17.6. The largest absolute Gasteiger partial charge is 0.359 e. The molecule has 0 unspecified atom stereocenters. The predicted molar refractivity (Wildman–Crippen MR) is 95.6 cm³/mol. The normalized spacial score (nSPS) is 11.0. The smallest absolute Gasteiger partial charge is 0.190 e. The number of rotatable bonds is 5. The van der Waals surface area contributed by atoms with E-state index in [9.17, 15) is 0 Å². The monoisotopic (exact) mass is 324 g/mol. The summed E-state index contributed by atoms with van der Waals surface area (Å²) in [6.07, 6.45) is 0. The maximum atomic E-state index is 4.66. The molecule has 0 aliphatic heterocycles. The number of halogens is 1. The van der Waals surface area contributed by atoms with Crippen LogP contribution in [0.2, 0.25) is 0 Å². The Labute approximate surface area is 136 Å². The predicted octanol–water partition coefficient (Wildman–Crippen LogP) is 2.68. The summed E-state index contributed by atoms with van der Waals surface area (Å²) in [5.41, 5.74) is 2.20. The highest BCUT2D eigenvalue weighted by Gasteiger charge is 1.99. The molecule has 114 valence electrons. The second kappa shape index (κ2) is 9.47. The third-order valence-electron chi connectivity index (χ3n) is 2.91. The van der Waals surface area contributed by atoms with Crippen LogP contribution in [0.3, 0.4) is 0 Å². The van der Waals surface area contributed by atoms with Crippen molar-refractivity contribution in [3.63, 3.8) is 0 Å². The summed E-state index contributed by atoms with van der Waals surface area (Å²) in [6.45, 7) is 0.895. The quantitative estimate of drug-likeness (QED) is 0.504. The molecule has 0 spiro atoms. The van der Waals surface area contributed by atoms with Crippen LogP contribution in [0, 0.1) is 0 Å². The zero-order chi connectivity index (χ0) is 14.2. The van der Waals surface area contributed by atoms with Gasteiger partial charge in [-0.1, -0.05) is 24.3 Å². The van der Waals surface area contributed by atoms with E-state index in [1.165, 1.54) is 5.39 Å². The van der Waals surface area contributed by atoms with Crippen LogP contribution in [-0.4, -0.2) is 37.3 Å². The molecule has 0 amide bonds. The first-order valence-corrected chi connectivity index (χ1v) is 7.80. The maximum absolute atomic E-state index is 4.66. The Morgan fingerprint density at radius 2 is 2.05 bits per heavy atom. The van der Waals surface area contributed by atoms with Gasteiger partial charge in [-0.15, -0.1) is 12.4 Å². The van der Waals surface area contributed by atoms with E-state index in [0.29, 0.717) is 0 Å². The lowest BCUT2D eigenvalue weighted by molar-refractivity contribution is 0.912. The molecule has 4 nitrogen and oxygen atoms in total. The summed E-state index contributed by atoms with van der Waals surface area (Å²) in [6, 6.07) is 12.5. The van der Waals surface area contributed by atoms with Gasteiger partial charge in [-0.2, -0.15) is 11.8 Å². The number of aliphatic imine (C=N–C) groups is 1. The number of nitrogens with one attached hydrogen (secondary N) is 2. The van der Waals surface area contributed by atoms with Crippen LogP contribution >= 0.6 is 24.2 Å². The van der Waals surface area contributed by atoms with Crippen molar-refractivity contribution in [2.75, 3.05) is 26.4 Å². The summed E-state index contributed by atoms with van der Waals surface area (Å²) >= 11 is 1.87. The van der Waals surface area contributed by atoms with Crippen molar-refractivity contribution in [3.05, 3.63) is 42.1 Å². The zero-order valence-corrected chi connectivity index (χ0v) is 13.9. The molecular formula is C15H21ClN4S. The number of guanidine groups is 1. The number of thioether (sulfide) groups is 1. The number of aromatic nitrogens is 1. The highest BCUT2D eigenvalue weighted by atomic mass is 35.5. The number of hydrogen-bond donors (Lipinski definition) is 2. The fourth-order valence-electron chi connectivity index (χ4n) is 1.89. The molecule has 2 aromatic rings. The SMILES string of the molecule is CN=C(NC)NCCSCc1ccc2ccccc2n1.Cl. The second-order valence-electron chi connectivity index (χ2n) is 4.30. The summed E-state index contributed by atoms with van der Waals surface area (Å²) in [4.78, 5) is 8.73. The zero-order valence-electron chi connectivity index (χ0n) is 12.3. The molecule has 6 heteroatoms. The van der Waals surface area contributed by atoms with Crippen LogP contribution in [0.4, 0.5) is 0 Å². The van der Waals surface area contributed by atoms with Crippen LogP contribution < -0.4 is 10.6 Å². The average molecular weight is 325 g/mol. The highest BCUT2D eigenvalue weighted by Crippen LogP contribution is 2.15. The van der Waals surface area contributed by atoms with Gasteiger partial charge in [0.15, 0.2) is 5.96 Å². The van der Waals surface area contributed by atoms with E-state index in [2.05, 4.69) is 44.9 Å². The van der Waals surface area contributed by atoms with Gasteiger partial charge in [0.2, 0.25) is 0 Å². The van der Waals surface area contributed by atoms with E-state index in [1.54, 1.807) is 7.05 Å². The Morgan fingerprint density at radius 3 is 2.81 bits per heavy atom. The molecule has 2 rings (SSSR count). The van der Waals surface area contributed by atoms with Gasteiger partial charge in [0.1, 0.15) is 0 Å². The van der Waals surface area contributed by atoms with E-state index < -0.39 is 0 Å². The lowest BCUT2D eigenvalue weighted by atomic mass is 10.2. The van der Waals surface area contributed by atoms with Crippen LogP contribution in [0.1, 0.15) is 5.69 Å². The first-order valence-electron chi connectivity index (χ1n) is 6.64. The van der Waals surface area contributed by atoms with E-state index in [1.807, 2.05) is 30.9 Å². The van der Waals surface area contributed by atoms with Gasteiger partial charge < -0.3 is 10.6 Å². The molecule has 21 heavy (non-hydrogen) atoms. The lowest BCUT2D eigenvalue weighted by Crippen LogP contribution is -2.35. The van der Waals surface area contributed by atoms with Gasteiger partial charge in [-0.3, -0.25) is 9.98 Å². The van der Waals surface area contributed by atoms with Gasteiger partial charge >= 0.3 is 0 Å². The molecule has 0 bridgehead atoms. The number of nitrogens with zero attached hydrogens (tertiary/aromatic N) is 2. The van der Waals surface area contributed by atoms with E-state index in [-0.39, 0.29) is 12.4 Å². The van der Waals surface area contributed by atoms with E-state index in [0.717, 1.165) is 35.2 Å². The molecule has 0 radical (unpaired) electrons. The molecule has 0 atom stereocenters. The Bertz CT molecular complexity index is 589. The molecule has 1 aromatic heterocycles. The van der Waals surface area contributed by atoms with Crippen molar-refractivity contribution in [1.82, 2.24) is 15.6 Å². The molecule has 0 aliphatic carbocycles. The van der Waals surface area contributed by atoms with Gasteiger partial charge in [-0.05, 0) is 12.1 Å². The summed E-state index contributed by atoms with van der Waals surface area (Å²) in [7, 11) is 3.63. The van der Waals surface area contributed by atoms with Crippen molar-refractivity contribution < 1.29 is 0 Å². The molecule has 0 saturated heterocycles. The summed E-state index contributed by atoms with van der Waals surface area (Å²) in [5, 5.41) is 7.43. The van der Waals surface area contributed by atoms with Crippen molar-refractivity contribution in [2.45, 2.75) is 5.75 Å². The van der Waals surface area contributed by atoms with Gasteiger partial charge in [0.25, 0.3) is 0 Å². The minimum Gasteiger partial charge on any atom is -0.359 e. The fourth-order valence-corrected chi connectivity index (χ4v) is 2.65. The number of fused-ring (bicyclic) bond motifs is 1. The maximum Gasteiger partial charge on any atom is 0.190 e. The van der Waals surface area contributed by atoms with Crippen molar-refractivity contribution in [2.24, 2.45) is 4.99 Å². The van der Waals surface area contributed by atoms with Gasteiger partial charge in [0, 0.05) is 37.5 Å². The molecule has 1 heterocycles. The highest BCUT2D eigenvalue weighted by molar-refractivity contribution is 7.98. The average Bonchev–Trinajstić information content (AvgIpc) is 2.51. The van der Waals surface area contributed by atoms with Crippen LogP contribution in [0.15, 0.2) is 41.4 Å². The summed E-state index contributed by atoms with van der Waals surface area (Å²) in [5.74, 6) is 2.79. The minimum atomic E-state index is 0. The molecule has 1 aromatic carbocycles. The number of benzene rings is 1. The summed E-state index contributed by atoms with van der Waals surface area (Å²) < 4.78 is 0. The first-order chi connectivity index (χ1) is 9.83. The molecule has 0 saturated carbocycles. The third-order valence-corrected chi connectivity index (χ3v) is 3.90. The van der Waals surface area contributed by atoms with Crippen molar-refractivity contribution >= 4 is 41.0 Å². The number of para-hydroxylation sites is 1. The van der Waals surface area contributed by atoms with E-state index in [4.69, 9.17) is 0 Å². The number of hydrogen-bond acceptors (Lipinski definition) is 3. The van der Waals surface area contributed by atoms with Gasteiger partial charge in [-0.25, -0.2) is 0 Å². The molecule has 2 N–H and O–H groups in total. The minimum absolute atomic E-state index is 0. The molecule has 0 fully saturated rings. The second-order valence-corrected chi connectivity index (χ2v) is 5.40.